The lowest BCUT2D eigenvalue weighted by Gasteiger charge is -2.08. The lowest BCUT2D eigenvalue weighted by atomic mass is 9.98. The van der Waals surface area contributed by atoms with Crippen LogP contribution in [-0.4, -0.2) is 15.4 Å². The van der Waals surface area contributed by atoms with Gasteiger partial charge in [-0.1, -0.05) is 43.3 Å². The molecule has 4 rings (SSSR count). The van der Waals surface area contributed by atoms with Gasteiger partial charge in [0.15, 0.2) is 0 Å². The number of carbonyl (C=O) groups excluding carboxylic acids is 1. The number of pyridine rings is 1. The average molecular weight is 344 g/mol. The van der Waals surface area contributed by atoms with Gasteiger partial charge in [-0.2, -0.15) is 0 Å². The van der Waals surface area contributed by atoms with Gasteiger partial charge in [-0.15, -0.1) is 0 Å². The first kappa shape index (κ1) is 16.2. The lowest BCUT2D eigenvalue weighted by molar-refractivity contribution is -0.117. The number of carbonyl (C=O) groups is 1. The number of rotatable bonds is 4. The number of fused-ring (bicyclic) bond motifs is 2. The van der Waals surface area contributed by atoms with Crippen LogP contribution < -0.4 is 5.73 Å². The summed E-state index contributed by atoms with van der Waals surface area (Å²) in [4.78, 5) is 11.6. The molecule has 3 N–H and O–H groups in total. The van der Waals surface area contributed by atoms with Crippen LogP contribution >= 0.6 is 0 Å². The van der Waals surface area contributed by atoms with Crippen LogP contribution in [0.25, 0.3) is 27.5 Å². The molecule has 0 unspecified atom stereocenters. The Morgan fingerprint density at radius 3 is 2.54 bits per heavy atom. The fourth-order valence-corrected chi connectivity index (χ4v) is 3.81. The molecule has 130 valence electrons. The van der Waals surface area contributed by atoms with Crippen LogP contribution in [0.1, 0.15) is 18.1 Å². The molecule has 0 atom stereocenters. The molecule has 26 heavy (non-hydrogen) atoms. The molecular weight excluding hydrogens is 324 g/mol. The van der Waals surface area contributed by atoms with Crippen molar-refractivity contribution in [1.29, 1.82) is 0 Å². The highest BCUT2D eigenvalue weighted by molar-refractivity contribution is 5.90. The molecule has 0 aliphatic carbocycles. The third-order valence-electron chi connectivity index (χ3n) is 4.88. The van der Waals surface area contributed by atoms with Crippen LogP contribution in [0.3, 0.4) is 0 Å². The first-order valence-electron chi connectivity index (χ1n) is 8.71. The molecule has 0 saturated heterocycles. The Hall–Kier alpha value is -3.27. The summed E-state index contributed by atoms with van der Waals surface area (Å²) in [5, 5.41) is 12.8. The summed E-state index contributed by atoms with van der Waals surface area (Å²) in [5.41, 5.74) is 10.0. The van der Waals surface area contributed by atoms with Crippen molar-refractivity contribution in [2.45, 2.75) is 19.8 Å². The molecule has 2 heterocycles. The summed E-state index contributed by atoms with van der Waals surface area (Å²) >= 11 is 0. The van der Waals surface area contributed by atoms with Crippen LogP contribution in [0.15, 0.2) is 60.8 Å². The third kappa shape index (κ3) is 2.51. The van der Waals surface area contributed by atoms with Gasteiger partial charge < -0.3 is 15.2 Å². The normalized spacial score (nSPS) is 11.3. The van der Waals surface area contributed by atoms with Gasteiger partial charge in [0, 0.05) is 6.20 Å². The predicted molar refractivity (Wildman–Crippen MR) is 104 cm³/mol. The van der Waals surface area contributed by atoms with E-state index in [9.17, 15) is 9.90 Å². The largest absolute Gasteiger partial charge is 0.506 e. The molecular formula is C22H20N2O2. The molecule has 1 amide bonds. The average Bonchev–Trinajstić information content (AvgIpc) is 2.95. The summed E-state index contributed by atoms with van der Waals surface area (Å²) in [5.74, 6) is -0.244. The molecule has 4 aromatic rings. The fourth-order valence-electron chi connectivity index (χ4n) is 3.81. The van der Waals surface area contributed by atoms with Gasteiger partial charge in [-0.3, -0.25) is 4.79 Å². The van der Waals surface area contributed by atoms with Crippen molar-refractivity contribution < 1.29 is 9.90 Å². The molecule has 0 radical (unpaired) electrons. The van der Waals surface area contributed by atoms with E-state index >= 15 is 0 Å². The van der Waals surface area contributed by atoms with Crippen molar-refractivity contribution in [3.05, 3.63) is 71.9 Å². The number of hydrogen-bond acceptors (Lipinski definition) is 2. The minimum Gasteiger partial charge on any atom is -0.506 e. The minimum absolute atomic E-state index is 0.109. The van der Waals surface area contributed by atoms with Crippen molar-refractivity contribution >= 4 is 22.2 Å². The second-order valence-electron chi connectivity index (χ2n) is 6.48. The van der Waals surface area contributed by atoms with E-state index in [0.717, 1.165) is 34.2 Å². The molecule has 2 aromatic carbocycles. The number of amides is 1. The van der Waals surface area contributed by atoms with E-state index in [0.29, 0.717) is 5.52 Å². The Morgan fingerprint density at radius 1 is 1.04 bits per heavy atom. The first-order valence-corrected chi connectivity index (χ1v) is 8.71. The van der Waals surface area contributed by atoms with Gasteiger partial charge in [-0.25, -0.2) is 0 Å². The zero-order chi connectivity index (χ0) is 18.3. The van der Waals surface area contributed by atoms with E-state index in [4.69, 9.17) is 5.73 Å². The Morgan fingerprint density at radius 2 is 1.81 bits per heavy atom. The standard InChI is InChI=1S/C22H20N2O2/c1-2-17-18(13-20(23)26)22-19(25)8-5-11-24(22)21(17)16-10-9-14-6-3-4-7-15(14)12-16/h3-12,25H,2,13H2,1H3,(H2,23,26). The predicted octanol–water partition coefficient (Wildman–Crippen LogP) is 4.06. The highest BCUT2D eigenvalue weighted by atomic mass is 16.3. The van der Waals surface area contributed by atoms with Crippen molar-refractivity contribution in [3.8, 4) is 17.0 Å². The topological polar surface area (TPSA) is 67.7 Å². The van der Waals surface area contributed by atoms with Crippen LogP contribution in [0, 0.1) is 0 Å². The van der Waals surface area contributed by atoms with Gasteiger partial charge in [0.1, 0.15) is 5.75 Å². The minimum atomic E-state index is -0.402. The summed E-state index contributed by atoms with van der Waals surface area (Å²) in [6.07, 6.45) is 2.77. The van der Waals surface area contributed by atoms with Crippen molar-refractivity contribution in [1.82, 2.24) is 4.40 Å². The maximum absolute atomic E-state index is 11.6. The Balaban J connectivity index is 2.07. The van der Waals surface area contributed by atoms with Crippen LogP contribution in [0.2, 0.25) is 0 Å². The van der Waals surface area contributed by atoms with E-state index in [1.807, 2.05) is 22.7 Å². The van der Waals surface area contributed by atoms with Gasteiger partial charge in [-0.05, 0) is 52.1 Å². The number of aromatic hydroxyl groups is 1. The number of nitrogens with two attached hydrogens (primary N) is 1. The van der Waals surface area contributed by atoms with Gasteiger partial charge in [0.05, 0.1) is 17.6 Å². The summed E-state index contributed by atoms with van der Waals surface area (Å²) in [6.45, 7) is 2.06. The SMILES string of the molecule is CCc1c(CC(N)=O)c2c(O)cccn2c1-c1ccc2ccccc2c1. The Labute approximate surface area is 151 Å². The molecule has 0 fully saturated rings. The van der Waals surface area contributed by atoms with E-state index in [1.54, 1.807) is 12.1 Å². The highest BCUT2D eigenvalue weighted by Crippen LogP contribution is 2.37. The number of aromatic nitrogens is 1. The number of hydrogen-bond donors (Lipinski definition) is 2. The Bertz CT molecular complexity index is 1140. The number of benzene rings is 2. The third-order valence-corrected chi connectivity index (χ3v) is 4.88. The van der Waals surface area contributed by atoms with E-state index in [-0.39, 0.29) is 12.2 Å². The molecule has 0 aliphatic rings. The van der Waals surface area contributed by atoms with Gasteiger partial charge >= 0.3 is 0 Å². The maximum atomic E-state index is 11.6. The lowest BCUT2D eigenvalue weighted by Crippen LogP contribution is -2.14. The van der Waals surface area contributed by atoms with E-state index in [1.165, 1.54) is 5.39 Å². The van der Waals surface area contributed by atoms with Gasteiger partial charge in [0.25, 0.3) is 0 Å². The molecule has 0 aliphatic heterocycles. The summed E-state index contributed by atoms with van der Waals surface area (Å²) in [7, 11) is 0. The quantitative estimate of drug-likeness (QED) is 0.586. The fraction of sp³-hybridized carbons (Fsp3) is 0.136. The molecule has 0 bridgehead atoms. The second-order valence-corrected chi connectivity index (χ2v) is 6.48. The molecule has 4 nitrogen and oxygen atoms in total. The van der Waals surface area contributed by atoms with Crippen LogP contribution in [0.5, 0.6) is 5.75 Å². The zero-order valence-electron chi connectivity index (χ0n) is 14.6. The van der Waals surface area contributed by atoms with Crippen molar-refractivity contribution in [2.75, 3.05) is 0 Å². The van der Waals surface area contributed by atoms with Crippen molar-refractivity contribution in [3.63, 3.8) is 0 Å². The van der Waals surface area contributed by atoms with Gasteiger partial charge in [0.2, 0.25) is 5.91 Å². The molecule has 0 spiro atoms. The van der Waals surface area contributed by atoms with Crippen molar-refractivity contribution in [2.24, 2.45) is 5.73 Å². The van der Waals surface area contributed by atoms with Crippen LogP contribution in [-0.2, 0) is 17.6 Å². The van der Waals surface area contributed by atoms with E-state index in [2.05, 4.69) is 37.3 Å². The number of nitrogens with zero attached hydrogens (tertiary/aromatic N) is 1. The monoisotopic (exact) mass is 344 g/mol. The summed E-state index contributed by atoms with van der Waals surface area (Å²) < 4.78 is 1.97. The second kappa shape index (κ2) is 6.23. The highest BCUT2D eigenvalue weighted by Gasteiger charge is 2.21. The number of primary amides is 1. The maximum Gasteiger partial charge on any atom is 0.221 e. The zero-order valence-corrected chi connectivity index (χ0v) is 14.6. The first-order chi connectivity index (χ1) is 12.6. The molecule has 4 heteroatoms. The smallest absolute Gasteiger partial charge is 0.221 e. The van der Waals surface area contributed by atoms with E-state index < -0.39 is 5.91 Å². The molecule has 2 aromatic heterocycles. The summed E-state index contributed by atoms with van der Waals surface area (Å²) in [6, 6.07) is 18.0. The molecule has 0 saturated carbocycles. The van der Waals surface area contributed by atoms with Crippen LogP contribution in [0.4, 0.5) is 0 Å². The Kier molecular flexibility index (Phi) is 3.88.